The zero-order valence-electron chi connectivity index (χ0n) is 10.7. The van der Waals surface area contributed by atoms with Crippen molar-refractivity contribution in [1.29, 1.82) is 0 Å². The van der Waals surface area contributed by atoms with Crippen molar-refractivity contribution in [3.05, 3.63) is 17.2 Å². The molecule has 0 aliphatic heterocycles. The van der Waals surface area contributed by atoms with Crippen LogP contribution in [-0.2, 0) is 13.6 Å². The molecule has 2 unspecified atom stereocenters. The Labute approximate surface area is 109 Å². The minimum atomic E-state index is 0.649. The summed E-state index contributed by atoms with van der Waals surface area (Å²) in [4.78, 5) is 4.31. The predicted octanol–water partition coefficient (Wildman–Crippen LogP) is 3.13. The highest BCUT2D eigenvalue weighted by molar-refractivity contribution is 6.29. The molecule has 1 fully saturated rings. The zero-order valence-corrected chi connectivity index (χ0v) is 11.5. The largest absolute Gasteiger partial charge is 0.321 e. The summed E-state index contributed by atoms with van der Waals surface area (Å²) < 4.78 is 1.94. The molecule has 2 atom stereocenters. The molecule has 17 heavy (non-hydrogen) atoms. The van der Waals surface area contributed by atoms with Crippen molar-refractivity contribution in [1.82, 2.24) is 14.9 Å². The Morgan fingerprint density at radius 3 is 2.94 bits per heavy atom. The molecule has 0 bridgehead atoms. The van der Waals surface area contributed by atoms with Gasteiger partial charge in [0, 0.05) is 13.1 Å². The standard InChI is InChI=1S/C13H22ClN3/c1-10-4-3-5-11(7-6-10)15-9-13-16-8-12(14)17(13)2/h8,10-11,15H,3-7,9H2,1-2H3. The summed E-state index contributed by atoms with van der Waals surface area (Å²) >= 11 is 5.97. The Balaban J connectivity index is 1.83. The number of imidazole rings is 1. The third-order valence-corrected chi connectivity index (χ3v) is 4.19. The molecule has 0 radical (unpaired) electrons. The van der Waals surface area contributed by atoms with Crippen molar-refractivity contribution in [2.75, 3.05) is 0 Å². The first kappa shape index (κ1) is 12.9. The van der Waals surface area contributed by atoms with Crippen LogP contribution in [0.4, 0.5) is 0 Å². The summed E-state index contributed by atoms with van der Waals surface area (Å²) in [5.74, 6) is 1.91. The number of hydrogen-bond acceptors (Lipinski definition) is 2. The highest BCUT2D eigenvalue weighted by atomic mass is 35.5. The molecule has 1 aromatic heterocycles. The van der Waals surface area contributed by atoms with E-state index >= 15 is 0 Å². The molecule has 0 aromatic carbocycles. The molecule has 0 spiro atoms. The van der Waals surface area contributed by atoms with Crippen LogP contribution in [0.25, 0.3) is 0 Å². The van der Waals surface area contributed by atoms with E-state index in [9.17, 15) is 0 Å². The van der Waals surface area contributed by atoms with E-state index < -0.39 is 0 Å². The van der Waals surface area contributed by atoms with Crippen LogP contribution in [0.5, 0.6) is 0 Å². The van der Waals surface area contributed by atoms with E-state index in [1.165, 1.54) is 32.1 Å². The summed E-state index contributed by atoms with van der Waals surface area (Å²) in [6.07, 6.45) is 8.38. The van der Waals surface area contributed by atoms with Gasteiger partial charge in [-0.2, -0.15) is 0 Å². The Morgan fingerprint density at radius 1 is 1.41 bits per heavy atom. The van der Waals surface area contributed by atoms with Crippen molar-refractivity contribution in [3.63, 3.8) is 0 Å². The SMILES string of the molecule is CC1CCCC(NCc2ncc(Cl)n2C)CC1. The van der Waals surface area contributed by atoms with Gasteiger partial charge in [0.15, 0.2) is 0 Å². The fourth-order valence-electron chi connectivity index (χ4n) is 2.52. The molecular weight excluding hydrogens is 234 g/mol. The number of aromatic nitrogens is 2. The molecule has 2 rings (SSSR count). The fraction of sp³-hybridized carbons (Fsp3) is 0.769. The van der Waals surface area contributed by atoms with Gasteiger partial charge in [0.25, 0.3) is 0 Å². The number of rotatable bonds is 3. The van der Waals surface area contributed by atoms with Gasteiger partial charge in [-0.25, -0.2) is 4.98 Å². The molecule has 0 saturated heterocycles. The smallest absolute Gasteiger partial charge is 0.128 e. The van der Waals surface area contributed by atoms with Crippen LogP contribution >= 0.6 is 11.6 Å². The maximum Gasteiger partial charge on any atom is 0.128 e. The first-order valence-electron chi connectivity index (χ1n) is 6.56. The van der Waals surface area contributed by atoms with Crippen molar-refractivity contribution in [2.45, 2.75) is 51.6 Å². The van der Waals surface area contributed by atoms with Crippen molar-refractivity contribution in [2.24, 2.45) is 13.0 Å². The van der Waals surface area contributed by atoms with Gasteiger partial charge in [-0.3, -0.25) is 0 Å². The molecule has 1 aromatic rings. The summed E-state index contributed by atoms with van der Waals surface area (Å²) in [5.41, 5.74) is 0. The van der Waals surface area contributed by atoms with E-state index in [1.54, 1.807) is 6.20 Å². The molecule has 1 heterocycles. The number of nitrogens with one attached hydrogen (secondary N) is 1. The summed E-state index contributed by atoms with van der Waals surface area (Å²) in [6.45, 7) is 3.18. The highest BCUT2D eigenvalue weighted by Gasteiger charge is 2.16. The van der Waals surface area contributed by atoms with Crippen LogP contribution in [0.2, 0.25) is 5.15 Å². The first-order chi connectivity index (χ1) is 8.16. The van der Waals surface area contributed by atoms with E-state index in [-0.39, 0.29) is 0 Å². The molecule has 1 saturated carbocycles. The van der Waals surface area contributed by atoms with Gasteiger partial charge >= 0.3 is 0 Å². The van der Waals surface area contributed by atoms with Crippen LogP contribution < -0.4 is 5.32 Å². The molecule has 4 heteroatoms. The highest BCUT2D eigenvalue weighted by Crippen LogP contribution is 2.22. The van der Waals surface area contributed by atoms with Gasteiger partial charge in [0.2, 0.25) is 0 Å². The monoisotopic (exact) mass is 255 g/mol. The molecule has 1 N–H and O–H groups in total. The lowest BCUT2D eigenvalue weighted by Crippen LogP contribution is -2.29. The maximum atomic E-state index is 5.97. The lowest BCUT2D eigenvalue weighted by Gasteiger charge is -2.16. The topological polar surface area (TPSA) is 29.9 Å². The summed E-state index contributed by atoms with van der Waals surface area (Å²) in [5, 5.41) is 4.32. The number of nitrogens with zero attached hydrogens (tertiary/aromatic N) is 2. The van der Waals surface area contributed by atoms with E-state index in [4.69, 9.17) is 11.6 Å². The van der Waals surface area contributed by atoms with Crippen molar-refractivity contribution < 1.29 is 0 Å². The average Bonchev–Trinajstić information content (AvgIpc) is 2.53. The average molecular weight is 256 g/mol. The van der Waals surface area contributed by atoms with Gasteiger partial charge in [-0.05, 0) is 25.2 Å². The zero-order chi connectivity index (χ0) is 12.3. The van der Waals surface area contributed by atoms with Gasteiger partial charge in [-0.15, -0.1) is 0 Å². The van der Waals surface area contributed by atoms with Gasteiger partial charge in [0.1, 0.15) is 11.0 Å². The van der Waals surface area contributed by atoms with Crippen LogP contribution in [-0.4, -0.2) is 15.6 Å². The summed E-state index contributed by atoms with van der Waals surface area (Å²) in [6, 6.07) is 0.649. The Bertz CT molecular complexity index is 362. The Morgan fingerprint density at radius 2 is 2.24 bits per heavy atom. The predicted molar refractivity (Wildman–Crippen MR) is 71.1 cm³/mol. The number of hydrogen-bond donors (Lipinski definition) is 1. The normalized spacial score (nSPS) is 25.8. The summed E-state index contributed by atoms with van der Waals surface area (Å²) in [7, 11) is 1.96. The van der Waals surface area contributed by atoms with Crippen molar-refractivity contribution >= 4 is 11.6 Å². The third kappa shape index (κ3) is 3.46. The quantitative estimate of drug-likeness (QED) is 0.841. The molecule has 96 valence electrons. The van der Waals surface area contributed by atoms with E-state index in [2.05, 4.69) is 17.2 Å². The lowest BCUT2D eigenvalue weighted by molar-refractivity contribution is 0.439. The van der Waals surface area contributed by atoms with E-state index in [1.807, 2.05) is 11.6 Å². The van der Waals surface area contributed by atoms with E-state index in [0.29, 0.717) is 11.2 Å². The van der Waals surface area contributed by atoms with Gasteiger partial charge < -0.3 is 9.88 Å². The minimum absolute atomic E-state index is 0.649. The second-order valence-corrected chi connectivity index (χ2v) is 5.63. The van der Waals surface area contributed by atoms with Crippen LogP contribution in [0.3, 0.4) is 0 Å². The molecular formula is C13H22ClN3. The molecule has 1 aliphatic rings. The number of halogens is 1. The minimum Gasteiger partial charge on any atom is -0.321 e. The first-order valence-corrected chi connectivity index (χ1v) is 6.94. The third-order valence-electron chi connectivity index (χ3n) is 3.83. The Kier molecular flexibility index (Phi) is 4.46. The molecule has 1 aliphatic carbocycles. The fourth-order valence-corrected chi connectivity index (χ4v) is 2.66. The van der Waals surface area contributed by atoms with Crippen LogP contribution in [0, 0.1) is 5.92 Å². The second kappa shape index (κ2) is 5.87. The maximum absolute atomic E-state index is 5.97. The van der Waals surface area contributed by atoms with Crippen molar-refractivity contribution in [3.8, 4) is 0 Å². The lowest BCUT2D eigenvalue weighted by atomic mass is 10.0. The van der Waals surface area contributed by atoms with Crippen LogP contribution in [0.15, 0.2) is 6.20 Å². The van der Waals surface area contributed by atoms with Gasteiger partial charge in [0.05, 0.1) is 12.7 Å². The van der Waals surface area contributed by atoms with E-state index in [0.717, 1.165) is 18.3 Å². The van der Waals surface area contributed by atoms with Crippen LogP contribution in [0.1, 0.15) is 44.9 Å². The molecule has 0 amide bonds. The second-order valence-electron chi connectivity index (χ2n) is 5.25. The van der Waals surface area contributed by atoms with Gasteiger partial charge in [-0.1, -0.05) is 31.4 Å². The Hall–Kier alpha value is -0.540. The molecule has 3 nitrogen and oxygen atoms in total.